The number of rotatable bonds is 2. The summed E-state index contributed by atoms with van der Waals surface area (Å²) in [6, 6.07) is 3.68. The van der Waals surface area contributed by atoms with Gasteiger partial charge in [0.15, 0.2) is 0 Å². The number of amides is 1. The van der Waals surface area contributed by atoms with Crippen molar-refractivity contribution in [2.24, 2.45) is 0 Å². The van der Waals surface area contributed by atoms with Gasteiger partial charge in [-0.15, -0.1) is 11.3 Å². The molecular weight excluding hydrogens is 224 g/mol. The van der Waals surface area contributed by atoms with Crippen molar-refractivity contribution in [1.29, 1.82) is 5.26 Å². The molecule has 0 saturated heterocycles. The molecule has 16 heavy (non-hydrogen) atoms. The lowest BCUT2D eigenvalue weighted by molar-refractivity contribution is 0.102. The highest BCUT2D eigenvalue weighted by Crippen LogP contribution is 2.22. The Morgan fingerprint density at radius 1 is 1.69 bits per heavy atom. The zero-order valence-corrected chi connectivity index (χ0v) is 9.26. The van der Waals surface area contributed by atoms with Crippen molar-refractivity contribution in [3.8, 4) is 6.07 Å². The molecule has 0 aliphatic rings. The molecule has 5 nitrogen and oxygen atoms in total. The lowest BCUT2D eigenvalue weighted by atomic mass is 10.2. The average Bonchev–Trinajstić information content (AvgIpc) is 2.86. The van der Waals surface area contributed by atoms with Crippen LogP contribution in [0, 0.1) is 18.3 Å². The van der Waals surface area contributed by atoms with Crippen LogP contribution in [-0.2, 0) is 0 Å². The molecule has 2 rings (SSSR count). The molecule has 0 aliphatic heterocycles. The van der Waals surface area contributed by atoms with Crippen LogP contribution in [-0.4, -0.2) is 16.1 Å². The predicted octanol–water partition coefficient (Wildman–Crippen LogP) is 1.90. The number of anilines is 1. The first-order chi connectivity index (χ1) is 7.72. The third-order valence-corrected chi connectivity index (χ3v) is 2.92. The number of nitriles is 1. The van der Waals surface area contributed by atoms with Crippen molar-refractivity contribution in [3.05, 3.63) is 34.5 Å². The number of hydrogen-bond donors (Lipinski definition) is 2. The lowest BCUT2D eigenvalue weighted by Crippen LogP contribution is -2.12. The average molecular weight is 232 g/mol. The number of carbonyl (C=O) groups excluding carboxylic acids is 1. The van der Waals surface area contributed by atoms with Crippen molar-refractivity contribution in [2.75, 3.05) is 5.32 Å². The second-order valence-corrected chi connectivity index (χ2v) is 4.05. The number of aromatic nitrogens is 2. The van der Waals surface area contributed by atoms with Crippen molar-refractivity contribution in [2.45, 2.75) is 6.92 Å². The van der Waals surface area contributed by atoms with E-state index in [1.807, 2.05) is 6.07 Å². The molecule has 0 aliphatic carbocycles. The minimum absolute atomic E-state index is 0.259. The van der Waals surface area contributed by atoms with E-state index in [0.29, 0.717) is 21.8 Å². The highest BCUT2D eigenvalue weighted by atomic mass is 32.1. The molecule has 2 aromatic heterocycles. The zero-order valence-electron chi connectivity index (χ0n) is 8.44. The molecule has 6 heteroatoms. The van der Waals surface area contributed by atoms with E-state index < -0.39 is 0 Å². The van der Waals surface area contributed by atoms with Gasteiger partial charge in [-0.1, -0.05) is 0 Å². The maximum atomic E-state index is 11.8. The number of H-pyrrole nitrogens is 1. The molecule has 0 unspecified atom stereocenters. The molecule has 0 aromatic carbocycles. The van der Waals surface area contributed by atoms with Gasteiger partial charge >= 0.3 is 0 Å². The summed E-state index contributed by atoms with van der Waals surface area (Å²) in [5.74, 6) is -0.259. The number of aryl methyl sites for hydroxylation is 1. The smallest absolute Gasteiger partial charge is 0.259 e. The molecule has 0 spiro atoms. The molecule has 0 bridgehead atoms. The van der Waals surface area contributed by atoms with E-state index in [0.717, 1.165) is 0 Å². The maximum Gasteiger partial charge on any atom is 0.259 e. The number of thiophene rings is 1. The second-order valence-electron chi connectivity index (χ2n) is 3.14. The molecule has 0 radical (unpaired) electrons. The van der Waals surface area contributed by atoms with Crippen molar-refractivity contribution in [1.82, 2.24) is 10.2 Å². The standard InChI is InChI=1S/C10H8N4OS/c1-6-8(5-12-14-6)9(15)13-10-7(4-11)2-3-16-10/h2-3,5H,1H3,(H,12,14)(H,13,15). The number of nitrogens with zero attached hydrogens (tertiary/aromatic N) is 2. The second kappa shape index (κ2) is 4.16. The zero-order chi connectivity index (χ0) is 11.5. The van der Waals surface area contributed by atoms with Crippen LogP contribution >= 0.6 is 11.3 Å². The largest absolute Gasteiger partial charge is 0.312 e. The van der Waals surface area contributed by atoms with Gasteiger partial charge in [0, 0.05) is 5.69 Å². The topological polar surface area (TPSA) is 81.6 Å². The van der Waals surface area contributed by atoms with E-state index in [2.05, 4.69) is 15.5 Å². The van der Waals surface area contributed by atoms with Crippen LogP contribution in [0.25, 0.3) is 0 Å². The van der Waals surface area contributed by atoms with Gasteiger partial charge in [0.25, 0.3) is 5.91 Å². The highest BCUT2D eigenvalue weighted by Gasteiger charge is 2.13. The molecule has 80 valence electrons. The Balaban J connectivity index is 2.21. The van der Waals surface area contributed by atoms with Crippen LogP contribution < -0.4 is 5.32 Å². The third kappa shape index (κ3) is 1.81. The van der Waals surface area contributed by atoms with Gasteiger partial charge in [-0.3, -0.25) is 9.89 Å². The number of hydrogen-bond acceptors (Lipinski definition) is 4. The fourth-order valence-electron chi connectivity index (χ4n) is 1.24. The Kier molecular flexibility index (Phi) is 2.70. The van der Waals surface area contributed by atoms with Crippen molar-refractivity contribution >= 4 is 22.2 Å². The molecule has 2 aromatic rings. The van der Waals surface area contributed by atoms with Gasteiger partial charge in [0.2, 0.25) is 0 Å². The maximum absolute atomic E-state index is 11.8. The number of aromatic amines is 1. The Morgan fingerprint density at radius 2 is 2.50 bits per heavy atom. The first-order valence-corrected chi connectivity index (χ1v) is 5.39. The van der Waals surface area contributed by atoms with Crippen molar-refractivity contribution < 1.29 is 4.79 Å². The summed E-state index contributed by atoms with van der Waals surface area (Å²) >= 11 is 1.32. The van der Waals surface area contributed by atoms with E-state index in [1.165, 1.54) is 17.5 Å². The SMILES string of the molecule is Cc1[nH]ncc1C(=O)Nc1sccc1C#N. The summed E-state index contributed by atoms with van der Waals surface area (Å²) in [5, 5.41) is 20.2. The Hall–Kier alpha value is -2.13. The van der Waals surface area contributed by atoms with Crippen LogP contribution in [0.15, 0.2) is 17.6 Å². The summed E-state index contributed by atoms with van der Waals surface area (Å²) < 4.78 is 0. The van der Waals surface area contributed by atoms with Gasteiger partial charge in [-0.25, -0.2) is 0 Å². The summed E-state index contributed by atoms with van der Waals surface area (Å²) in [6.45, 7) is 1.77. The number of carbonyl (C=O) groups is 1. The van der Waals surface area contributed by atoms with Crippen LogP contribution in [0.1, 0.15) is 21.6 Å². The fourth-order valence-corrected chi connectivity index (χ4v) is 1.98. The Labute approximate surface area is 95.7 Å². The van der Waals surface area contributed by atoms with Gasteiger partial charge in [-0.05, 0) is 18.4 Å². The van der Waals surface area contributed by atoms with Gasteiger partial charge in [-0.2, -0.15) is 10.4 Å². The minimum atomic E-state index is -0.259. The predicted molar refractivity (Wildman–Crippen MR) is 60.3 cm³/mol. The van der Waals surface area contributed by atoms with E-state index in [4.69, 9.17) is 5.26 Å². The number of nitrogens with one attached hydrogen (secondary N) is 2. The highest BCUT2D eigenvalue weighted by molar-refractivity contribution is 7.14. The van der Waals surface area contributed by atoms with Crippen LogP contribution in [0.3, 0.4) is 0 Å². The molecule has 0 atom stereocenters. The fraction of sp³-hybridized carbons (Fsp3) is 0.100. The van der Waals surface area contributed by atoms with Gasteiger partial charge < -0.3 is 5.32 Å². The lowest BCUT2D eigenvalue weighted by Gasteiger charge is -2.01. The van der Waals surface area contributed by atoms with Gasteiger partial charge in [0.05, 0.1) is 17.3 Å². The Bertz CT molecular complexity index is 563. The normalized spacial score (nSPS) is 9.75. The first kappa shape index (κ1) is 10.4. The molecule has 0 fully saturated rings. The molecular formula is C10H8N4OS. The summed E-state index contributed by atoms with van der Waals surface area (Å²) in [4.78, 5) is 11.8. The van der Waals surface area contributed by atoms with E-state index >= 15 is 0 Å². The van der Waals surface area contributed by atoms with E-state index in [-0.39, 0.29) is 5.91 Å². The summed E-state index contributed by atoms with van der Waals surface area (Å²) in [7, 11) is 0. The van der Waals surface area contributed by atoms with Crippen LogP contribution in [0.4, 0.5) is 5.00 Å². The summed E-state index contributed by atoms with van der Waals surface area (Å²) in [6.07, 6.45) is 1.46. The molecule has 2 N–H and O–H groups in total. The van der Waals surface area contributed by atoms with Crippen LogP contribution in [0.5, 0.6) is 0 Å². The first-order valence-electron chi connectivity index (χ1n) is 4.51. The molecule has 2 heterocycles. The Morgan fingerprint density at radius 3 is 3.12 bits per heavy atom. The third-order valence-electron chi connectivity index (χ3n) is 2.09. The molecule has 1 amide bonds. The van der Waals surface area contributed by atoms with Crippen molar-refractivity contribution in [3.63, 3.8) is 0 Å². The molecule has 0 saturated carbocycles. The van der Waals surface area contributed by atoms with Gasteiger partial charge in [0.1, 0.15) is 11.1 Å². The van der Waals surface area contributed by atoms with Crippen LogP contribution in [0.2, 0.25) is 0 Å². The quantitative estimate of drug-likeness (QED) is 0.829. The van der Waals surface area contributed by atoms with E-state index in [9.17, 15) is 4.79 Å². The minimum Gasteiger partial charge on any atom is -0.312 e. The monoisotopic (exact) mass is 232 g/mol. The van der Waals surface area contributed by atoms with E-state index in [1.54, 1.807) is 18.4 Å². The summed E-state index contributed by atoms with van der Waals surface area (Å²) in [5.41, 5.74) is 1.66.